The summed E-state index contributed by atoms with van der Waals surface area (Å²) in [5, 5.41) is 0. The van der Waals surface area contributed by atoms with Crippen molar-refractivity contribution >= 4 is 6.08 Å². The van der Waals surface area contributed by atoms with Gasteiger partial charge in [-0.1, -0.05) is 0 Å². The van der Waals surface area contributed by atoms with Gasteiger partial charge in [0.25, 0.3) is 0 Å². The molecular weight excluding hydrogens is 283 g/mol. The molecule has 0 nitrogen and oxygen atoms in total. The zero-order valence-electron chi connectivity index (χ0n) is 10.3. The summed E-state index contributed by atoms with van der Waals surface area (Å²) >= 11 is -0.472. The van der Waals surface area contributed by atoms with E-state index in [1.54, 1.807) is 3.28 Å². The summed E-state index contributed by atoms with van der Waals surface area (Å²) in [6.45, 7) is 4.55. The number of rotatable bonds is 2. The van der Waals surface area contributed by atoms with E-state index in [4.69, 9.17) is 0 Å². The van der Waals surface area contributed by atoms with E-state index >= 15 is 0 Å². The van der Waals surface area contributed by atoms with Crippen LogP contribution in [0.3, 0.4) is 0 Å². The molecule has 1 aromatic rings. The summed E-state index contributed by atoms with van der Waals surface area (Å²) in [7, 11) is 0. The number of benzene rings is 1. The zero-order chi connectivity index (χ0) is 11.8. The van der Waals surface area contributed by atoms with E-state index in [-0.39, 0.29) is 0 Å². The summed E-state index contributed by atoms with van der Waals surface area (Å²) in [5.74, 6) is 0.666. The zero-order valence-corrected chi connectivity index (χ0v) is 12.7. The van der Waals surface area contributed by atoms with Gasteiger partial charge in [0.05, 0.1) is 0 Å². The van der Waals surface area contributed by atoms with Crippen LogP contribution >= 0.6 is 0 Å². The fourth-order valence-electron chi connectivity index (χ4n) is 2.56. The molecule has 84 valence electrons. The molecule has 0 saturated heterocycles. The first-order valence-electron chi connectivity index (χ1n) is 6.18. The van der Waals surface area contributed by atoms with Gasteiger partial charge in [-0.2, -0.15) is 0 Å². The molecule has 0 heterocycles. The Labute approximate surface area is 115 Å². The van der Waals surface area contributed by atoms with Crippen molar-refractivity contribution < 1.29 is 23.2 Å². The van der Waals surface area contributed by atoms with Crippen LogP contribution in [0.5, 0.6) is 0 Å². The van der Waals surface area contributed by atoms with Crippen molar-refractivity contribution in [3.8, 4) is 0 Å². The second-order valence-electron chi connectivity index (χ2n) is 4.89. The summed E-state index contributed by atoms with van der Waals surface area (Å²) in [4.78, 5) is 0. The average molecular weight is 300 g/mol. The molecule has 0 amide bonds. The molecule has 2 aliphatic carbocycles. The molecule has 2 aliphatic rings. The molecule has 0 spiro atoms. The SMILES string of the molecule is Cc1ccc2c(c1)C=[C]([Zr][CH]1C=CC=C1)C2C. The monoisotopic (exact) mass is 298 g/mol. The second-order valence-corrected chi connectivity index (χ2v) is 8.66. The molecule has 1 atom stereocenters. The molecule has 0 saturated carbocycles. The standard InChI is InChI=1S/C11H11.C5H5.Zr/c1-8-3-6-11-9(2)4-5-10(11)7-8;1-2-4-5-3-1;/h3,5-7,9H,1-2H3;1-5H;. The minimum atomic E-state index is -0.472. The summed E-state index contributed by atoms with van der Waals surface area (Å²) in [6.07, 6.45) is 11.6. The van der Waals surface area contributed by atoms with Gasteiger partial charge in [-0.3, -0.25) is 0 Å². The van der Waals surface area contributed by atoms with Crippen LogP contribution in [-0.4, -0.2) is 0 Å². The van der Waals surface area contributed by atoms with Crippen molar-refractivity contribution in [1.29, 1.82) is 0 Å². The summed E-state index contributed by atoms with van der Waals surface area (Å²) in [5.41, 5.74) is 4.39. The Morgan fingerprint density at radius 2 is 1.88 bits per heavy atom. The maximum atomic E-state index is 2.47. The van der Waals surface area contributed by atoms with E-state index in [0.29, 0.717) is 5.92 Å². The van der Waals surface area contributed by atoms with Crippen molar-refractivity contribution in [2.24, 2.45) is 0 Å². The third kappa shape index (κ3) is 2.18. The van der Waals surface area contributed by atoms with Gasteiger partial charge in [-0.05, 0) is 0 Å². The topological polar surface area (TPSA) is 0 Å². The normalized spacial score (nSPS) is 21.8. The first kappa shape index (κ1) is 11.4. The van der Waals surface area contributed by atoms with Crippen molar-refractivity contribution in [2.45, 2.75) is 23.4 Å². The number of allylic oxidation sites excluding steroid dienone is 5. The van der Waals surface area contributed by atoms with E-state index in [1.165, 1.54) is 16.7 Å². The first-order valence-corrected chi connectivity index (χ1v) is 8.82. The molecule has 0 fully saturated rings. The van der Waals surface area contributed by atoms with Crippen molar-refractivity contribution in [2.75, 3.05) is 0 Å². The molecular formula is C16H16Zr. The Bertz CT molecular complexity index is 522. The van der Waals surface area contributed by atoms with Crippen LogP contribution in [0.4, 0.5) is 0 Å². The molecule has 3 rings (SSSR count). The first-order chi connectivity index (χ1) is 8.24. The van der Waals surface area contributed by atoms with Crippen LogP contribution in [0.2, 0.25) is 3.63 Å². The van der Waals surface area contributed by atoms with Gasteiger partial charge in [0.1, 0.15) is 0 Å². The van der Waals surface area contributed by atoms with Crippen LogP contribution < -0.4 is 0 Å². The fourth-order valence-corrected chi connectivity index (χ4v) is 6.11. The van der Waals surface area contributed by atoms with Crippen molar-refractivity contribution in [3.05, 3.63) is 62.5 Å². The number of hydrogen-bond acceptors (Lipinski definition) is 0. The number of hydrogen-bond donors (Lipinski definition) is 0. The van der Waals surface area contributed by atoms with E-state index in [2.05, 4.69) is 62.4 Å². The van der Waals surface area contributed by atoms with E-state index in [1.807, 2.05) is 0 Å². The van der Waals surface area contributed by atoms with Gasteiger partial charge < -0.3 is 0 Å². The molecule has 0 bridgehead atoms. The third-order valence-corrected chi connectivity index (χ3v) is 7.57. The Morgan fingerprint density at radius 3 is 2.65 bits per heavy atom. The number of aryl methyl sites for hydroxylation is 1. The molecule has 1 unspecified atom stereocenters. The Hall–Kier alpha value is -0.677. The molecule has 17 heavy (non-hydrogen) atoms. The Morgan fingerprint density at radius 1 is 1.12 bits per heavy atom. The van der Waals surface area contributed by atoms with Crippen LogP contribution in [0, 0.1) is 6.92 Å². The average Bonchev–Trinajstić information content (AvgIpc) is 2.89. The predicted octanol–water partition coefficient (Wildman–Crippen LogP) is 4.45. The molecule has 0 aliphatic heterocycles. The van der Waals surface area contributed by atoms with Gasteiger partial charge in [0.2, 0.25) is 0 Å². The minimum absolute atomic E-state index is 0.472. The summed E-state index contributed by atoms with van der Waals surface area (Å²) in [6, 6.07) is 6.89. The third-order valence-electron chi connectivity index (χ3n) is 3.57. The number of fused-ring (bicyclic) bond motifs is 1. The van der Waals surface area contributed by atoms with Crippen LogP contribution in [0.1, 0.15) is 29.5 Å². The van der Waals surface area contributed by atoms with Crippen molar-refractivity contribution in [1.82, 2.24) is 0 Å². The van der Waals surface area contributed by atoms with Gasteiger partial charge in [-0.25, -0.2) is 0 Å². The van der Waals surface area contributed by atoms with Crippen molar-refractivity contribution in [3.63, 3.8) is 0 Å². The predicted molar refractivity (Wildman–Crippen MR) is 69.6 cm³/mol. The Kier molecular flexibility index (Phi) is 3.05. The second kappa shape index (κ2) is 4.54. The Balaban J connectivity index is 1.86. The quantitative estimate of drug-likeness (QED) is 0.757. The summed E-state index contributed by atoms with van der Waals surface area (Å²) < 4.78 is 2.53. The van der Waals surface area contributed by atoms with E-state index in [0.717, 1.165) is 3.63 Å². The molecule has 0 radical (unpaired) electrons. The molecule has 0 aromatic heterocycles. The molecule has 1 aromatic carbocycles. The van der Waals surface area contributed by atoms with Gasteiger partial charge in [-0.15, -0.1) is 0 Å². The van der Waals surface area contributed by atoms with E-state index in [9.17, 15) is 0 Å². The maximum absolute atomic E-state index is 2.47. The fraction of sp³-hybridized carbons (Fsp3) is 0.250. The molecule has 1 heteroatoms. The van der Waals surface area contributed by atoms with E-state index < -0.39 is 23.2 Å². The van der Waals surface area contributed by atoms with Crippen LogP contribution in [-0.2, 0) is 23.2 Å². The van der Waals surface area contributed by atoms with Gasteiger partial charge in [0.15, 0.2) is 0 Å². The molecule has 0 N–H and O–H groups in total. The van der Waals surface area contributed by atoms with Crippen LogP contribution in [0.25, 0.3) is 6.08 Å². The van der Waals surface area contributed by atoms with Gasteiger partial charge in [0, 0.05) is 0 Å². The van der Waals surface area contributed by atoms with Gasteiger partial charge >= 0.3 is 115 Å². The van der Waals surface area contributed by atoms with Crippen LogP contribution in [0.15, 0.2) is 45.8 Å².